The summed E-state index contributed by atoms with van der Waals surface area (Å²) in [5.74, 6) is 1.29. The highest BCUT2D eigenvalue weighted by molar-refractivity contribution is 5.76. The molecule has 0 amide bonds. The monoisotopic (exact) mass is 255 g/mol. The topological polar surface area (TPSA) is 74.2 Å². The molecule has 0 saturated carbocycles. The van der Waals surface area contributed by atoms with E-state index in [0.29, 0.717) is 17.1 Å². The second-order valence-electron chi connectivity index (χ2n) is 4.09. The van der Waals surface area contributed by atoms with Crippen LogP contribution in [0.3, 0.4) is 0 Å². The third-order valence-electron chi connectivity index (χ3n) is 2.87. The molecule has 0 fully saturated rings. The number of hydrogen-bond donors (Lipinski definition) is 1. The van der Waals surface area contributed by atoms with Gasteiger partial charge < -0.3 is 14.9 Å². The molecule has 96 valence electrons. The molecule has 5 heteroatoms. The summed E-state index contributed by atoms with van der Waals surface area (Å²) in [5.41, 5.74) is 8.68. The van der Waals surface area contributed by atoms with Gasteiger partial charge in [0.2, 0.25) is 5.89 Å². The first-order valence-electron chi connectivity index (χ1n) is 5.90. The van der Waals surface area contributed by atoms with E-state index in [-0.39, 0.29) is 6.54 Å². The number of nitrogens with two attached hydrogens (primary N) is 1. The van der Waals surface area contributed by atoms with E-state index in [4.69, 9.17) is 14.9 Å². The summed E-state index contributed by atoms with van der Waals surface area (Å²) in [6.45, 7) is 0.269. The summed E-state index contributed by atoms with van der Waals surface area (Å²) in [6, 6.07) is 9.68. The number of ether oxygens (including phenoxy) is 1. The van der Waals surface area contributed by atoms with Crippen molar-refractivity contribution in [3.63, 3.8) is 0 Å². The van der Waals surface area contributed by atoms with Crippen LogP contribution in [-0.2, 0) is 6.54 Å². The number of oxazole rings is 1. The van der Waals surface area contributed by atoms with Gasteiger partial charge >= 0.3 is 0 Å². The lowest BCUT2D eigenvalue weighted by atomic mass is 10.1. The standard InChI is InChI=1S/C14H13N3O2/c1-18-11-4-2-3-9(5-11)10-6-12-14(16-8-10)17-13(7-15)19-12/h2-6,8H,7,15H2,1H3. The van der Waals surface area contributed by atoms with Crippen molar-refractivity contribution in [2.45, 2.75) is 6.54 Å². The zero-order valence-electron chi connectivity index (χ0n) is 10.5. The third kappa shape index (κ3) is 2.15. The van der Waals surface area contributed by atoms with Gasteiger partial charge in [-0.2, -0.15) is 4.98 Å². The third-order valence-corrected chi connectivity index (χ3v) is 2.87. The van der Waals surface area contributed by atoms with Crippen molar-refractivity contribution in [1.29, 1.82) is 0 Å². The predicted octanol–water partition coefficient (Wildman–Crippen LogP) is 2.36. The molecule has 0 unspecified atom stereocenters. The smallest absolute Gasteiger partial charge is 0.210 e. The Morgan fingerprint density at radius 1 is 1.26 bits per heavy atom. The molecule has 0 aliphatic heterocycles. The highest BCUT2D eigenvalue weighted by atomic mass is 16.5. The van der Waals surface area contributed by atoms with Crippen LogP contribution in [0.1, 0.15) is 5.89 Å². The molecule has 5 nitrogen and oxygen atoms in total. The lowest BCUT2D eigenvalue weighted by Gasteiger charge is -2.03. The van der Waals surface area contributed by atoms with Crippen molar-refractivity contribution in [3.05, 3.63) is 42.4 Å². The highest BCUT2D eigenvalue weighted by Gasteiger charge is 2.08. The number of nitrogens with zero attached hydrogens (tertiary/aromatic N) is 2. The second kappa shape index (κ2) is 4.70. The zero-order chi connectivity index (χ0) is 13.2. The van der Waals surface area contributed by atoms with Crippen LogP contribution in [0.4, 0.5) is 0 Å². The molecule has 0 atom stereocenters. The van der Waals surface area contributed by atoms with Crippen LogP contribution in [0.25, 0.3) is 22.4 Å². The van der Waals surface area contributed by atoms with Gasteiger partial charge in [0.25, 0.3) is 0 Å². The van der Waals surface area contributed by atoms with Crippen LogP contribution < -0.4 is 10.5 Å². The minimum Gasteiger partial charge on any atom is -0.497 e. The van der Waals surface area contributed by atoms with E-state index >= 15 is 0 Å². The Balaban J connectivity index is 2.08. The number of hydrogen-bond acceptors (Lipinski definition) is 5. The number of aromatic nitrogens is 2. The van der Waals surface area contributed by atoms with Gasteiger partial charge in [-0.1, -0.05) is 12.1 Å². The van der Waals surface area contributed by atoms with Crippen LogP contribution in [0, 0.1) is 0 Å². The second-order valence-corrected chi connectivity index (χ2v) is 4.09. The molecule has 19 heavy (non-hydrogen) atoms. The maximum Gasteiger partial charge on any atom is 0.210 e. The number of fused-ring (bicyclic) bond motifs is 1. The minimum atomic E-state index is 0.269. The van der Waals surface area contributed by atoms with Crippen molar-refractivity contribution in [2.75, 3.05) is 7.11 Å². The molecule has 0 radical (unpaired) electrons. The highest BCUT2D eigenvalue weighted by Crippen LogP contribution is 2.26. The summed E-state index contributed by atoms with van der Waals surface area (Å²) in [7, 11) is 1.64. The van der Waals surface area contributed by atoms with Crippen LogP contribution in [0.15, 0.2) is 40.9 Å². The van der Waals surface area contributed by atoms with Gasteiger partial charge in [0, 0.05) is 11.8 Å². The van der Waals surface area contributed by atoms with Gasteiger partial charge in [0.15, 0.2) is 11.2 Å². The summed E-state index contributed by atoms with van der Waals surface area (Å²) in [6.07, 6.45) is 1.76. The molecule has 0 aliphatic rings. The van der Waals surface area contributed by atoms with Gasteiger partial charge in [-0.25, -0.2) is 4.98 Å². The van der Waals surface area contributed by atoms with E-state index in [1.165, 1.54) is 0 Å². The summed E-state index contributed by atoms with van der Waals surface area (Å²) >= 11 is 0. The maximum atomic E-state index is 5.51. The van der Waals surface area contributed by atoms with Crippen molar-refractivity contribution in [2.24, 2.45) is 5.73 Å². The number of pyridine rings is 1. The van der Waals surface area contributed by atoms with Crippen molar-refractivity contribution in [1.82, 2.24) is 9.97 Å². The number of methoxy groups -OCH3 is 1. The van der Waals surface area contributed by atoms with Crippen LogP contribution in [0.2, 0.25) is 0 Å². The average Bonchev–Trinajstić information content (AvgIpc) is 2.89. The fourth-order valence-corrected chi connectivity index (χ4v) is 1.91. The summed E-state index contributed by atoms with van der Waals surface area (Å²) in [4.78, 5) is 8.45. The van der Waals surface area contributed by atoms with E-state index in [1.54, 1.807) is 13.3 Å². The van der Waals surface area contributed by atoms with Gasteiger partial charge in [0.05, 0.1) is 13.7 Å². The largest absolute Gasteiger partial charge is 0.497 e. The molecule has 0 saturated heterocycles. The zero-order valence-corrected chi connectivity index (χ0v) is 10.5. The van der Waals surface area contributed by atoms with Crippen LogP contribution >= 0.6 is 0 Å². The van der Waals surface area contributed by atoms with Gasteiger partial charge in [0.1, 0.15) is 5.75 Å². The Bertz CT molecular complexity index is 722. The normalized spacial score (nSPS) is 10.8. The first kappa shape index (κ1) is 11.7. The maximum absolute atomic E-state index is 5.51. The Morgan fingerprint density at radius 3 is 2.95 bits per heavy atom. The predicted molar refractivity (Wildman–Crippen MR) is 71.7 cm³/mol. The fourth-order valence-electron chi connectivity index (χ4n) is 1.91. The molecular weight excluding hydrogens is 242 g/mol. The van der Waals surface area contributed by atoms with Crippen molar-refractivity contribution >= 4 is 11.2 Å². The number of benzene rings is 1. The Kier molecular flexibility index (Phi) is 2.89. The van der Waals surface area contributed by atoms with Gasteiger partial charge in [-0.05, 0) is 23.8 Å². The van der Waals surface area contributed by atoms with Crippen LogP contribution in [0.5, 0.6) is 5.75 Å². The first-order chi connectivity index (χ1) is 9.30. The van der Waals surface area contributed by atoms with E-state index in [2.05, 4.69) is 9.97 Å². The lowest BCUT2D eigenvalue weighted by Crippen LogP contribution is -1.95. The summed E-state index contributed by atoms with van der Waals surface area (Å²) in [5, 5.41) is 0. The van der Waals surface area contributed by atoms with Crippen molar-refractivity contribution < 1.29 is 9.15 Å². The molecule has 2 N–H and O–H groups in total. The summed E-state index contributed by atoms with van der Waals surface area (Å²) < 4.78 is 10.7. The van der Waals surface area contributed by atoms with E-state index < -0.39 is 0 Å². The minimum absolute atomic E-state index is 0.269. The first-order valence-corrected chi connectivity index (χ1v) is 5.90. The lowest BCUT2D eigenvalue weighted by molar-refractivity contribution is 0.415. The molecule has 2 aromatic heterocycles. The average molecular weight is 255 g/mol. The molecule has 3 aromatic rings. The molecule has 3 rings (SSSR count). The Morgan fingerprint density at radius 2 is 2.16 bits per heavy atom. The van der Waals surface area contributed by atoms with Gasteiger partial charge in [-0.15, -0.1) is 0 Å². The van der Waals surface area contributed by atoms with Crippen LogP contribution in [-0.4, -0.2) is 17.1 Å². The van der Waals surface area contributed by atoms with E-state index in [9.17, 15) is 0 Å². The van der Waals surface area contributed by atoms with E-state index in [1.807, 2.05) is 30.3 Å². The van der Waals surface area contributed by atoms with Gasteiger partial charge in [-0.3, -0.25) is 0 Å². The number of rotatable bonds is 3. The van der Waals surface area contributed by atoms with E-state index in [0.717, 1.165) is 16.9 Å². The van der Waals surface area contributed by atoms with Crippen molar-refractivity contribution in [3.8, 4) is 16.9 Å². The Hall–Kier alpha value is -2.40. The molecule has 1 aromatic carbocycles. The quantitative estimate of drug-likeness (QED) is 0.777. The molecule has 0 spiro atoms. The molecule has 0 bridgehead atoms. The fraction of sp³-hybridized carbons (Fsp3) is 0.143. The SMILES string of the molecule is COc1cccc(-c2cnc3nc(CN)oc3c2)c1. The Labute approximate surface area is 110 Å². The molecule has 0 aliphatic carbocycles. The molecule has 2 heterocycles. The molecular formula is C14H13N3O2.